The molecule has 2 amide bonds. The number of aliphatic carboxylic acids is 1. The van der Waals surface area contributed by atoms with Gasteiger partial charge in [0, 0.05) is 12.2 Å². The Morgan fingerprint density at radius 3 is 2.58 bits per heavy atom. The first-order valence-electron chi connectivity index (χ1n) is 5.78. The first-order valence-corrected chi connectivity index (χ1v) is 5.78. The molecule has 1 unspecified atom stereocenters. The molecule has 0 aromatic heterocycles. The highest BCUT2D eigenvalue weighted by Crippen LogP contribution is 2.09. The highest BCUT2D eigenvalue weighted by Gasteiger charge is 2.25. The second kappa shape index (κ2) is 7.01. The average Bonchev–Trinajstić information content (AvgIpc) is 2.40. The summed E-state index contributed by atoms with van der Waals surface area (Å²) in [5.41, 5.74) is 0.576. The molecule has 0 aliphatic heterocycles. The molecular weight excluding hydrogens is 246 g/mol. The van der Waals surface area contributed by atoms with E-state index in [1.54, 1.807) is 24.3 Å². The van der Waals surface area contributed by atoms with Crippen molar-refractivity contribution >= 4 is 17.7 Å². The molecule has 1 aromatic carbocycles. The lowest BCUT2D eigenvalue weighted by molar-refractivity contribution is -0.141. The van der Waals surface area contributed by atoms with Gasteiger partial charge in [0.15, 0.2) is 0 Å². The van der Waals surface area contributed by atoms with Gasteiger partial charge in [-0.25, -0.2) is 9.59 Å². The van der Waals surface area contributed by atoms with Crippen molar-refractivity contribution in [3.63, 3.8) is 0 Å². The van der Waals surface area contributed by atoms with Gasteiger partial charge in [0.25, 0.3) is 0 Å². The second-order valence-corrected chi connectivity index (χ2v) is 3.91. The summed E-state index contributed by atoms with van der Waals surface area (Å²) in [4.78, 5) is 24.1. The molecule has 2 N–H and O–H groups in total. The summed E-state index contributed by atoms with van der Waals surface area (Å²) in [6.07, 6.45) is 0.0832. The van der Waals surface area contributed by atoms with E-state index in [4.69, 9.17) is 10.4 Å². The number of carboxylic acids is 1. The van der Waals surface area contributed by atoms with E-state index >= 15 is 0 Å². The molecule has 0 radical (unpaired) electrons. The maximum Gasteiger partial charge on any atom is 0.326 e. The number of amides is 2. The van der Waals surface area contributed by atoms with E-state index in [1.165, 1.54) is 6.92 Å². The summed E-state index contributed by atoms with van der Waals surface area (Å²) >= 11 is 0. The van der Waals surface area contributed by atoms with Gasteiger partial charge in [0.05, 0.1) is 12.5 Å². The number of para-hydroxylation sites is 1. The molecule has 0 saturated heterocycles. The van der Waals surface area contributed by atoms with Gasteiger partial charge in [-0.05, 0) is 19.1 Å². The second-order valence-electron chi connectivity index (χ2n) is 3.91. The third-order valence-corrected chi connectivity index (χ3v) is 2.58. The molecule has 6 nitrogen and oxygen atoms in total. The number of carbonyl (C=O) groups excluding carboxylic acids is 1. The van der Waals surface area contributed by atoms with Crippen molar-refractivity contribution in [2.24, 2.45) is 0 Å². The summed E-state index contributed by atoms with van der Waals surface area (Å²) < 4.78 is 0. The number of benzene rings is 1. The van der Waals surface area contributed by atoms with Crippen LogP contribution in [0, 0.1) is 11.3 Å². The highest BCUT2D eigenvalue weighted by molar-refractivity contribution is 5.92. The Bertz CT molecular complexity index is 482. The minimum atomic E-state index is -1.11. The minimum absolute atomic E-state index is 0.0721. The summed E-state index contributed by atoms with van der Waals surface area (Å²) in [7, 11) is 0. The van der Waals surface area contributed by atoms with Gasteiger partial charge in [0.2, 0.25) is 0 Å². The van der Waals surface area contributed by atoms with E-state index in [9.17, 15) is 9.59 Å². The Morgan fingerprint density at radius 2 is 2.05 bits per heavy atom. The lowest BCUT2D eigenvalue weighted by Crippen LogP contribution is -2.45. The number of urea groups is 1. The Kier molecular flexibility index (Phi) is 5.35. The maximum atomic E-state index is 12.0. The maximum absolute atomic E-state index is 12.0. The monoisotopic (exact) mass is 261 g/mol. The van der Waals surface area contributed by atoms with Crippen LogP contribution in [0.1, 0.15) is 13.3 Å². The zero-order chi connectivity index (χ0) is 14.3. The third-order valence-electron chi connectivity index (χ3n) is 2.58. The van der Waals surface area contributed by atoms with Gasteiger partial charge in [-0.15, -0.1) is 0 Å². The number of rotatable bonds is 5. The molecule has 0 bridgehead atoms. The largest absolute Gasteiger partial charge is 0.480 e. The fourth-order valence-corrected chi connectivity index (χ4v) is 1.49. The fourth-order valence-electron chi connectivity index (χ4n) is 1.49. The van der Waals surface area contributed by atoms with Gasteiger partial charge >= 0.3 is 12.0 Å². The van der Waals surface area contributed by atoms with E-state index < -0.39 is 18.0 Å². The van der Waals surface area contributed by atoms with Crippen LogP contribution in [0.25, 0.3) is 0 Å². The van der Waals surface area contributed by atoms with Gasteiger partial charge in [0.1, 0.15) is 6.04 Å². The number of hydrogen-bond donors (Lipinski definition) is 2. The molecule has 1 aromatic rings. The topological polar surface area (TPSA) is 93.4 Å². The Morgan fingerprint density at radius 1 is 1.42 bits per heavy atom. The SMILES string of the molecule is CC(C(=O)O)N(CCC#N)C(=O)Nc1ccccc1. The predicted octanol–water partition coefficient (Wildman–Crippen LogP) is 1.91. The summed E-state index contributed by atoms with van der Waals surface area (Å²) in [6, 6.07) is 9.10. The average molecular weight is 261 g/mol. The molecule has 0 spiro atoms. The van der Waals surface area contributed by atoms with Crippen molar-refractivity contribution in [2.75, 3.05) is 11.9 Å². The lowest BCUT2D eigenvalue weighted by Gasteiger charge is -2.25. The zero-order valence-electron chi connectivity index (χ0n) is 10.5. The summed E-state index contributed by atoms with van der Waals surface area (Å²) in [5.74, 6) is -1.11. The zero-order valence-corrected chi connectivity index (χ0v) is 10.5. The van der Waals surface area contributed by atoms with Crippen molar-refractivity contribution in [3.05, 3.63) is 30.3 Å². The summed E-state index contributed by atoms with van der Waals surface area (Å²) in [6.45, 7) is 1.48. The van der Waals surface area contributed by atoms with E-state index in [-0.39, 0.29) is 13.0 Å². The molecule has 0 fully saturated rings. The molecule has 100 valence electrons. The fraction of sp³-hybridized carbons (Fsp3) is 0.308. The highest BCUT2D eigenvalue weighted by atomic mass is 16.4. The van der Waals surface area contributed by atoms with Crippen LogP contribution >= 0.6 is 0 Å². The first kappa shape index (κ1) is 14.5. The van der Waals surface area contributed by atoms with E-state index in [1.807, 2.05) is 12.1 Å². The van der Waals surface area contributed by atoms with Crippen molar-refractivity contribution in [1.82, 2.24) is 4.90 Å². The molecule has 0 aliphatic carbocycles. The number of carboxylic acid groups (broad SMARTS) is 1. The standard InChI is InChI=1S/C13H15N3O3/c1-10(12(17)18)16(9-5-8-14)13(19)15-11-6-3-2-4-7-11/h2-4,6-7,10H,5,9H2,1H3,(H,15,19)(H,17,18). The van der Waals surface area contributed by atoms with Gasteiger partial charge in [-0.3, -0.25) is 0 Å². The van der Waals surface area contributed by atoms with Gasteiger partial charge < -0.3 is 15.3 Å². The molecule has 1 rings (SSSR count). The van der Waals surface area contributed by atoms with Crippen LogP contribution in [-0.4, -0.2) is 34.6 Å². The molecule has 19 heavy (non-hydrogen) atoms. The van der Waals surface area contributed by atoms with Crippen molar-refractivity contribution in [1.29, 1.82) is 5.26 Å². The third kappa shape index (κ3) is 4.32. The Labute approximate surface area is 111 Å². The van der Waals surface area contributed by atoms with Crippen LogP contribution in [0.5, 0.6) is 0 Å². The van der Waals surface area contributed by atoms with Gasteiger partial charge in [-0.2, -0.15) is 5.26 Å². The van der Waals surface area contributed by atoms with Crippen molar-refractivity contribution < 1.29 is 14.7 Å². The van der Waals surface area contributed by atoms with Crippen LogP contribution in [0.3, 0.4) is 0 Å². The number of nitriles is 1. The number of anilines is 1. The number of nitrogens with one attached hydrogen (secondary N) is 1. The Hall–Kier alpha value is -2.55. The molecule has 6 heteroatoms. The van der Waals surface area contributed by atoms with Crippen LogP contribution in [0.2, 0.25) is 0 Å². The quantitative estimate of drug-likeness (QED) is 0.846. The predicted molar refractivity (Wildman–Crippen MR) is 69.5 cm³/mol. The Balaban J connectivity index is 2.77. The molecule has 0 heterocycles. The van der Waals surface area contributed by atoms with E-state index in [0.717, 1.165) is 4.90 Å². The molecule has 1 atom stereocenters. The molecular formula is C13H15N3O3. The van der Waals surface area contributed by atoms with Crippen LogP contribution < -0.4 is 5.32 Å². The van der Waals surface area contributed by atoms with Crippen LogP contribution in [0.15, 0.2) is 30.3 Å². The lowest BCUT2D eigenvalue weighted by atomic mass is 10.2. The van der Waals surface area contributed by atoms with E-state index in [2.05, 4.69) is 5.32 Å². The smallest absolute Gasteiger partial charge is 0.326 e. The van der Waals surface area contributed by atoms with Crippen LogP contribution in [0.4, 0.5) is 10.5 Å². The summed E-state index contributed by atoms with van der Waals surface area (Å²) in [5, 5.41) is 20.1. The minimum Gasteiger partial charge on any atom is -0.480 e. The number of hydrogen-bond acceptors (Lipinski definition) is 3. The number of carbonyl (C=O) groups is 2. The van der Waals surface area contributed by atoms with E-state index in [0.29, 0.717) is 5.69 Å². The van der Waals surface area contributed by atoms with Crippen molar-refractivity contribution in [3.8, 4) is 6.07 Å². The van der Waals surface area contributed by atoms with Crippen molar-refractivity contribution in [2.45, 2.75) is 19.4 Å². The first-order chi connectivity index (χ1) is 9.06. The normalized spacial score (nSPS) is 11.2. The number of nitrogens with zero attached hydrogens (tertiary/aromatic N) is 2. The van der Waals surface area contributed by atoms with Gasteiger partial charge in [-0.1, -0.05) is 18.2 Å². The molecule has 0 aliphatic rings. The van der Waals surface area contributed by atoms with Crippen LogP contribution in [-0.2, 0) is 4.79 Å². The molecule has 0 saturated carbocycles.